The monoisotopic (exact) mass is 488 g/mol. The summed E-state index contributed by atoms with van der Waals surface area (Å²) in [4.78, 5) is 12.9. The molecule has 0 spiro atoms. The molecule has 0 aliphatic rings. The summed E-state index contributed by atoms with van der Waals surface area (Å²) < 4.78 is 12.6. The van der Waals surface area contributed by atoms with Crippen molar-refractivity contribution >= 4 is 23.4 Å². The Hall–Kier alpha value is -3.78. The van der Waals surface area contributed by atoms with Gasteiger partial charge in [0.2, 0.25) is 5.91 Å². The first kappa shape index (κ1) is 24.3. The third-order valence-electron chi connectivity index (χ3n) is 5.63. The molecular weight excluding hydrogens is 460 g/mol. The number of benzene rings is 3. The summed E-state index contributed by atoms with van der Waals surface area (Å²) in [7, 11) is 3.26. The Morgan fingerprint density at radius 1 is 0.971 bits per heavy atom. The zero-order chi connectivity index (χ0) is 24.8. The largest absolute Gasteiger partial charge is 0.497 e. The summed E-state index contributed by atoms with van der Waals surface area (Å²) in [6.07, 6.45) is 0.847. The highest BCUT2D eigenvalue weighted by Crippen LogP contribution is 2.31. The molecule has 8 heteroatoms. The number of para-hydroxylation sites is 1. The molecule has 0 aliphatic heterocycles. The average molecular weight is 489 g/mol. The summed E-state index contributed by atoms with van der Waals surface area (Å²) in [5, 5.41) is 12.6. The first-order chi connectivity index (χ1) is 17.0. The quantitative estimate of drug-likeness (QED) is 0.311. The van der Waals surface area contributed by atoms with E-state index in [0.29, 0.717) is 11.0 Å². The topological polar surface area (TPSA) is 78.3 Å². The van der Waals surface area contributed by atoms with Crippen molar-refractivity contribution in [1.82, 2.24) is 14.8 Å². The lowest BCUT2D eigenvalue weighted by Gasteiger charge is -2.13. The molecule has 0 aliphatic carbocycles. The van der Waals surface area contributed by atoms with Gasteiger partial charge in [-0.05, 0) is 60.9 Å². The van der Waals surface area contributed by atoms with Crippen LogP contribution in [0.5, 0.6) is 11.5 Å². The van der Waals surface area contributed by atoms with Gasteiger partial charge >= 0.3 is 0 Å². The summed E-state index contributed by atoms with van der Waals surface area (Å²) in [6, 6.07) is 21.4. The molecule has 3 aromatic carbocycles. The van der Waals surface area contributed by atoms with Crippen LogP contribution in [0.2, 0.25) is 0 Å². The smallest absolute Gasteiger partial charge is 0.234 e. The van der Waals surface area contributed by atoms with Crippen LogP contribution in [0.25, 0.3) is 17.1 Å². The number of amides is 1. The van der Waals surface area contributed by atoms with Crippen LogP contribution >= 0.6 is 11.8 Å². The lowest BCUT2D eigenvalue weighted by atomic mass is 10.1. The van der Waals surface area contributed by atoms with E-state index in [-0.39, 0.29) is 11.7 Å². The summed E-state index contributed by atoms with van der Waals surface area (Å²) in [5.41, 5.74) is 4.77. The van der Waals surface area contributed by atoms with E-state index in [4.69, 9.17) is 9.47 Å². The Kier molecular flexibility index (Phi) is 7.72. The van der Waals surface area contributed by atoms with E-state index < -0.39 is 0 Å². The van der Waals surface area contributed by atoms with Gasteiger partial charge in [0.05, 0.1) is 20.0 Å². The fraction of sp³-hybridized carbons (Fsp3) is 0.222. The number of anilines is 1. The zero-order valence-electron chi connectivity index (χ0n) is 20.2. The van der Waals surface area contributed by atoms with E-state index in [1.165, 1.54) is 11.8 Å². The molecule has 1 heterocycles. The zero-order valence-corrected chi connectivity index (χ0v) is 21.1. The van der Waals surface area contributed by atoms with Gasteiger partial charge in [-0.25, -0.2) is 0 Å². The maximum Gasteiger partial charge on any atom is 0.234 e. The van der Waals surface area contributed by atoms with Gasteiger partial charge in [-0.2, -0.15) is 0 Å². The minimum Gasteiger partial charge on any atom is -0.497 e. The van der Waals surface area contributed by atoms with E-state index in [0.717, 1.165) is 46.0 Å². The number of aryl methyl sites for hydroxylation is 2. The minimum absolute atomic E-state index is 0.0915. The normalized spacial score (nSPS) is 10.7. The number of carbonyl (C=O) groups is 1. The van der Waals surface area contributed by atoms with Crippen LogP contribution in [0.4, 0.5) is 5.69 Å². The highest BCUT2D eigenvalue weighted by molar-refractivity contribution is 7.99. The van der Waals surface area contributed by atoms with Crippen molar-refractivity contribution in [2.45, 2.75) is 25.4 Å². The highest BCUT2D eigenvalue weighted by atomic mass is 32.2. The van der Waals surface area contributed by atoms with Gasteiger partial charge in [0, 0.05) is 16.9 Å². The van der Waals surface area contributed by atoms with Crippen LogP contribution in [-0.4, -0.2) is 40.6 Å². The Morgan fingerprint density at radius 3 is 2.43 bits per heavy atom. The molecule has 0 radical (unpaired) electrons. The van der Waals surface area contributed by atoms with E-state index >= 15 is 0 Å². The van der Waals surface area contributed by atoms with Crippen LogP contribution in [0, 0.1) is 6.92 Å². The summed E-state index contributed by atoms with van der Waals surface area (Å²) in [5.74, 6) is 2.24. The molecular formula is C27H28N4O3S. The van der Waals surface area contributed by atoms with Gasteiger partial charge < -0.3 is 14.8 Å². The van der Waals surface area contributed by atoms with Crippen molar-refractivity contribution in [3.63, 3.8) is 0 Å². The van der Waals surface area contributed by atoms with Gasteiger partial charge in [-0.3, -0.25) is 9.36 Å². The third-order valence-corrected chi connectivity index (χ3v) is 6.56. The van der Waals surface area contributed by atoms with E-state index in [2.05, 4.69) is 22.4 Å². The Labute approximate surface area is 209 Å². The van der Waals surface area contributed by atoms with Crippen molar-refractivity contribution in [1.29, 1.82) is 0 Å². The highest BCUT2D eigenvalue weighted by Gasteiger charge is 2.18. The lowest BCUT2D eigenvalue weighted by Crippen LogP contribution is -2.16. The van der Waals surface area contributed by atoms with Crippen molar-refractivity contribution in [2.75, 3.05) is 25.3 Å². The Morgan fingerprint density at radius 2 is 1.71 bits per heavy atom. The number of hydrogen-bond donors (Lipinski definition) is 1. The van der Waals surface area contributed by atoms with E-state index in [9.17, 15) is 4.79 Å². The number of methoxy groups -OCH3 is 2. The van der Waals surface area contributed by atoms with Crippen LogP contribution in [0.1, 0.15) is 18.1 Å². The van der Waals surface area contributed by atoms with Crippen molar-refractivity contribution in [2.24, 2.45) is 0 Å². The first-order valence-corrected chi connectivity index (χ1v) is 12.3. The van der Waals surface area contributed by atoms with Gasteiger partial charge in [0.1, 0.15) is 11.5 Å². The second-order valence-corrected chi connectivity index (χ2v) is 8.81. The predicted octanol–water partition coefficient (Wildman–Crippen LogP) is 5.55. The predicted molar refractivity (Wildman–Crippen MR) is 140 cm³/mol. The molecule has 35 heavy (non-hydrogen) atoms. The van der Waals surface area contributed by atoms with Crippen molar-refractivity contribution < 1.29 is 14.3 Å². The fourth-order valence-corrected chi connectivity index (χ4v) is 4.54. The SMILES string of the molecule is CCc1cccc(C)c1NC(=O)CSc1nnc(-c2cccc(OC)c2)n1-c1ccc(OC)cc1. The van der Waals surface area contributed by atoms with Crippen LogP contribution in [0.15, 0.2) is 71.9 Å². The second-order valence-electron chi connectivity index (χ2n) is 7.87. The fourth-order valence-electron chi connectivity index (χ4n) is 3.78. The molecule has 4 aromatic rings. The van der Waals surface area contributed by atoms with Gasteiger partial charge in [-0.15, -0.1) is 10.2 Å². The van der Waals surface area contributed by atoms with Gasteiger partial charge in [0.15, 0.2) is 11.0 Å². The maximum atomic E-state index is 12.9. The first-order valence-electron chi connectivity index (χ1n) is 11.3. The number of thioether (sulfide) groups is 1. The number of nitrogens with zero attached hydrogens (tertiary/aromatic N) is 3. The summed E-state index contributed by atoms with van der Waals surface area (Å²) >= 11 is 1.34. The number of hydrogen-bond acceptors (Lipinski definition) is 6. The number of nitrogens with one attached hydrogen (secondary N) is 1. The Balaban J connectivity index is 1.63. The molecule has 0 unspecified atom stereocenters. The molecule has 0 fully saturated rings. The van der Waals surface area contributed by atoms with Crippen LogP contribution in [0.3, 0.4) is 0 Å². The molecule has 4 rings (SSSR count). The average Bonchev–Trinajstić information content (AvgIpc) is 3.32. The minimum atomic E-state index is -0.0915. The molecule has 0 saturated heterocycles. The number of aromatic nitrogens is 3. The molecule has 180 valence electrons. The lowest BCUT2D eigenvalue weighted by molar-refractivity contribution is -0.113. The molecule has 1 amide bonds. The number of carbonyl (C=O) groups excluding carboxylic acids is 1. The molecule has 0 atom stereocenters. The maximum absolute atomic E-state index is 12.9. The van der Waals surface area contributed by atoms with E-state index in [1.807, 2.05) is 78.2 Å². The van der Waals surface area contributed by atoms with Crippen molar-refractivity contribution in [3.8, 4) is 28.6 Å². The standard InChI is InChI=1S/C27H28N4O3S/c1-5-19-9-6-8-18(2)25(19)28-24(32)17-35-27-30-29-26(20-10-7-11-23(16-20)34-4)31(27)21-12-14-22(33-3)15-13-21/h6-16H,5,17H2,1-4H3,(H,28,32). The molecule has 0 saturated carbocycles. The third kappa shape index (κ3) is 5.49. The molecule has 1 N–H and O–H groups in total. The van der Waals surface area contributed by atoms with Crippen LogP contribution < -0.4 is 14.8 Å². The second kappa shape index (κ2) is 11.1. The van der Waals surface area contributed by atoms with Gasteiger partial charge in [-0.1, -0.05) is 49.0 Å². The van der Waals surface area contributed by atoms with Gasteiger partial charge in [0.25, 0.3) is 0 Å². The van der Waals surface area contributed by atoms with Crippen LogP contribution in [-0.2, 0) is 11.2 Å². The van der Waals surface area contributed by atoms with Crippen molar-refractivity contribution in [3.05, 3.63) is 77.9 Å². The molecule has 7 nitrogen and oxygen atoms in total. The number of ether oxygens (including phenoxy) is 2. The Bertz CT molecular complexity index is 1320. The molecule has 1 aromatic heterocycles. The summed E-state index contributed by atoms with van der Waals surface area (Å²) in [6.45, 7) is 4.08. The molecule has 0 bridgehead atoms. The van der Waals surface area contributed by atoms with E-state index in [1.54, 1.807) is 14.2 Å². The number of rotatable bonds is 9.